The molecule has 7 heteroatoms. The van der Waals surface area contributed by atoms with Gasteiger partial charge in [0.05, 0.1) is 26.0 Å². The van der Waals surface area contributed by atoms with E-state index in [1.54, 1.807) is 0 Å². The number of nitrogens with one attached hydrogen (secondary N) is 1. The second-order valence-corrected chi connectivity index (χ2v) is 7.94. The third-order valence-corrected chi connectivity index (χ3v) is 4.99. The lowest BCUT2D eigenvalue weighted by Crippen LogP contribution is -2.49. The number of nitrogens with zero attached hydrogens (tertiary/aromatic N) is 1. The summed E-state index contributed by atoms with van der Waals surface area (Å²) in [6.45, 7) is 5.68. The topological polar surface area (TPSA) is 71.8 Å². The van der Waals surface area contributed by atoms with Gasteiger partial charge in [-0.15, -0.1) is 0 Å². The van der Waals surface area contributed by atoms with Gasteiger partial charge in [-0.05, 0) is 25.0 Å². The minimum absolute atomic E-state index is 0.123. The van der Waals surface area contributed by atoms with Crippen LogP contribution >= 0.6 is 0 Å². The van der Waals surface area contributed by atoms with Crippen molar-refractivity contribution >= 4 is 10.0 Å². The lowest BCUT2D eigenvalue weighted by molar-refractivity contribution is 0.0164. The van der Waals surface area contributed by atoms with Crippen molar-refractivity contribution in [3.63, 3.8) is 0 Å². The highest BCUT2D eigenvalue weighted by molar-refractivity contribution is 7.88. The van der Waals surface area contributed by atoms with E-state index in [0.29, 0.717) is 25.0 Å². The minimum Gasteiger partial charge on any atom is -0.465 e. The first-order valence-corrected chi connectivity index (χ1v) is 9.12. The zero-order chi connectivity index (χ0) is 15.0. The molecule has 1 N–H and O–H groups in total. The molecule has 0 aliphatic carbocycles. The molecule has 3 heterocycles. The number of hydrogen-bond donors (Lipinski definition) is 1. The zero-order valence-electron chi connectivity index (χ0n) is 12.4. The van der Waals surface area contributed by atoms with Crippen LogP contribution in [0.25, 0.3) is 0 Å². The Morgan fingerprint density at radius 2 is 2.14 bits per heavy atom. The maximum Gasteiger partial charge on any atom is 0.209 e. The molecular formula is C14H22N2O4S. The average molecular weight is 314 g/mol. The number of fused-ring (bicyclic) bond motifs is 1. The Balaban J connectivity index is 1.65. The fraction of sp³-hybridized carbons (Fsp3) is 0.714. The molecule has 0 radical (unpaired) electrons. The fourth-order valence-electron chi connectivity index (χ4n) is 3.41. The van der Waals surface area contributed by atoms with Crippen molar-refractivity contribution < 1.29 is 17.6 Å². The molecular weight excluding hydrogens is 292 g/mol. The van der Waals surface area contributed by atoms with Gasteiger partial charge in [0.2, 0.25) is 10.0 Å². The summed E-state index contributed by atoms with van der Waals surface area (Å²) in [4.78, 5) is 2.32. The highest BCUT2D eigenvalue weighted by Gasteiger charge is 2.41. The van der Waals surface area contributed by atoms with Crippen LogP contribution in [-0.2, 0) is 21.3 Å². The quantitative estimate of drug-likeness (QED) is 0.880. The van der Waals surface area contributed by atoms with Crippen molar-refractivity contribution in [1.29, 1.82) is 0 Å². The standard InChI is InChI=1S/C14H22N2O4S/c1-10-3-4-12(20-10)6-16-5-11-8-19-9-14(13(11)7-16)15-21(2,17)18/h3-4,11,13-15H,5-9H2,1-2H3/t11-,13-,14+/m1/s1. The second kappa shape index (κ2) is 5.72. The van der Waals surface area contributed by atoms with Crippen molar-refractivity contribution in [2.45, 2.75) is 19.5 Å². The molecule has 0 saturated carbocycles. The normalized spacial score (nSPS) is 30.5. The summed E-state index contributed by atoms with van der Waals surface area (Å²) in [6, 6.07) is 3.84. The molecule has 0 bridgehead atoms. The highest BCUT2D eigenvalue weighted by Crippen LogP contribution is 2.31. The van der Waals surface area contributed by atoms with Crippen LogP contribution in [0.4, 0.5) is 0 Å². The van der Waals surface area contributed by atoms with Gasteiger partial charge < -0.3 is 9.15 Å². The van der Waals surface area contributed by atoms with Gasteiger partial charge in [-0.1, -0.05) is 0 Å². The molecule has 0 unspecified atom stereocenters. The number of sulfonamides is 1. The largest absolute Gasteiger partial charge is 0.465 e. The van der Waals surface area contributed by atoms with Gasteiger partial charge in [-0.25, -0.2) is 13.1 Å². The van der Waals surface area contributed by atoms with Crippen molar-refractivity contribution in [1.82, 2.24) is 9.62 Å². The van der Waals surface area contributed by atoms with Crippen LogP contribution in [0.15, 0.2) is 16.5 Å². The van der Waals surface area contributed by atoms with Crippen LogP contribution < -0.4 is 4.72 Å². The van der Waals surface area contributed by atoms with Crippen molar-refractivity contribution in [3.05, 3.63) is 23.7 Å². The monoisotopic (exact) mass is 314 g/mol. The summed E-state index contributed by atoms with van der Waals surface area (Å²) in [5.41, 5.74) is 0. The first kappa shape index (κ1) is 15.0. The molecule has 21 heavy (non-hydrogen) atoms. The molecule has 0 aromatic carbocycles. The van der Waals surface area contributed by atoms with E-state index in [4.69, 9.17) is 9.15 Å². The Bertz CT molecular complexity index is 598. The maximum atomic E-state index is 11.5. The minimum atomic E-state index is -3.20. The van der Waals surface area contributed by atoms with Gasteiger partial charge in [0, 0.05) is 25.0 Å². The van der Waals surface area contributed by atoms with Crippen molar-refractivity contribution in [2.75, 3.05) is 32.6 Å². The van der Waals surface area contributed by atoms with E-state index in [0.717, 1.165) is 31.2 Å². The molecule has 6 nitrogen and oxygen atoms in total. The van der Waals surface area contributed by atoms with Gasteiger partial charge in [0.25, 0.3) is 0 Å². The fourth-order valence-corrected chi connectivity index (χ4v) is 4.20. The molecule has 3 rings (SSSR count). The van der Waals surface area contributed by atoms with E-state index in [1.165, 1.54) is 6.26 Å². The van der Waals surface area contributed by atoms with E-state index < -0.39 is 10.0 Å². The summed E-state index contributed by atoms with van der Waals surface area (Å²) < 4.78 is 36.8. The second-order valence-electron chi connectivity index (χ2n) is 6.16. The Kier molecular flexibility index (Phi) is 4.09. The number of aryl methyl sites for hydroxylation is 1. The van der Waals surface area contributed by atoms with Crippen LogP contribution in [0.3, 0.4) is 0 Å². The molecule has 0 amide bonds. The lowest BCUT2D eigenvalue weighted by atomic mass is 9.88. The summed E-state index contributed by atoms with van der Waals surface area (Å²) >= 11 is 0. The molecule has 0 spiro atoms. The SMILES string of the molecule is Cc1ccc(CN2C[C@@H]3COC[C@H](NS(C)(=O)=O)[C@@H]3C2)o1. The van der Waals surface area contributed by atoms with E-state index in [2.05, 4.69) is 9.62 Å². The van der Waals surface area contributed by atoms with Crippen LogP contribution in [0.1, 0.15) is 11.5 Å². The molecule has 118 valence electrons. The third-order valence-electron chi connectivity index (χ3n) is 4.25. The predicted octanol–water partition coefficient (Wildman–Crippen LogP) is 0.584. The molecule has 1 aromatic heterocycles. The third kappa shape index (κ3) is 3.66. The van der Waals surface area contributed by atoms with E-state index in [1.807, 2.05) is 19.1 Å². The van der Waals surface area contributed by atoms with Crippen molar-refractivity contribution in [3.8, 4) is 0 Å². The van der Waals surface area contributed by atoms with E-state index in [-0.39, 0.29) is 6.04 Å². The molecule has 2 aliphatic rings. The number of furan rings is 1. The maximum absolute atomic E-state index is 11.5. The summed E-state index contributed by atoms with van der Waals surface area (Å²) in [7, 11) is -3.20. The Hall–Kier alpha value is -0.890. The van der Waals surface area contributed by atoms with Crippen molar-refractivity contribution in [2.24, 2.45) is 11.8 Å². The first-order chi connectivity index (χ1) is 9.90. The molecule has 3 atom stereocenters. The summed E-state index contributed by atoms with van der Waals surface area (Å²) in [5, 5.41) is 0. The van der Waals surface area contributed by atoms with Gasteiger partial charge in [0.15, 0.2) is 0 Å². The van der Waals surface area contributed by atoms with Crippen LogP contribution in [-0.4, -0.2) is 51.9 Å². The van der Waals surface area contributed by atoms with Gasteiger partial charge >= 0.3 is 0 Å². The van der Waals surface area contributed by atoms with Crippen LogP contribution in [0, 0.1) is 18.8 Å². The molecule has 2 aliphatic heterocycles. The summed E-state index contributed by atoms with van der Waals surface area (Å²) in [5.74, 6) is 2.57. The molecule has 1 aromatic rings. The number of ether oxygens (including phenoxy) is 1. The van der Waals surface area contributed by atoms with E-state index >= 15 is 0 Å². The highest BCUT2D eigenvalue weighted by atomic mass is 32.2. The Labute approximate surface area is 125 Å². The average Bonchev–Trinajstić information content (AvgIpc) is 2.94. The van der Waals surface area contributed by atoms with Gasteiger partial charge in [0.1, 0.15) is 11.5 Å². The Morgan fingerprint density at radius 1 is 1.33 bits per heavy atom. The summed E-state index contributed by atoms with van der Waals surface area (Å²) in [6.07, 6.45) is 1.20. The zero-order valence-corrected chi connectivity index (χ0v) is 13.2. The number of rotatable bonds is 4. The van der Waals surface area contributed by atoms with Crippen LogP contribution in [0.5, 0.6) is 0 Å². The smallest absolute Gasteiger partial charge is 0.209 e. The Morgan fingerprint density at radius 3 is 2.81 bits per heavy atom. The van der Waals surface area contributed by atoms with E-state index in [9.17, 15) is 8.42 Å². The number of likely N-dealkylation sites (tertiary alicyclic amines) is 1. The number of hydrogen-bond acceptors (Lipinski definition) is 5. The lowest BCUT2D eigenvalue weighted by Gasteiger charge is -2.32. The van der Waals surface area contributed by atoms with Crippen LogP contribution in [0.2, 0.25) is 0 Å². The molecule has 2 saturated heterocycles. The molecule has 2 fully saturated rings. The van der Waals surface area contributed by atoms with Gasteiger partial charge in [-0.3, -0.25) is 4.90 Å². The van der Waals surface area contributed by atoms with Gasteiger partial charge in [-0.2, -0.15) is 0 Å². The predicted molar refractivity (Wildman–Crippen MR) is 78.3 cm³/mol. The first-order valence-electron chi connectivity index (χ1n) is 7.23.